The summed E-state index contributed by atoms with van der Waals surface area (Å²) in [4.78, 5) is 10.7. The van der Waals surface area contributed by atoms with Crippen LogP contribution in [0.2, 0.25) is 0 Å². The number of cyclic esters (lactones) is 1. The van der Waals surface area contributed by atoms with E-state index >= 15 is 0 Å². The minimum atomic E-state index is -0.1000. The molecule has 0 aromatic rings. The normalized spacial score (nSPS) is 25.8. The van der Waals surface area contributed by atoms with Crippen LogP contribution < -0.4 is 0 Å². The van der Waals surface area contributed by atoms with Crippen LogP contribution in [0.15, 0.2) is 12.8 Å². The van der Waals surface area contributed by atoms with Gasteiger partial charge in [0, 0.05) is 12.3 Å². The van der Waals surface area contributed by atoms with E-state index in [9.17, 15) is 4.79 Å². The van der Waals surface area contributed by atoms with Gasteiger partial charge in [0.05, 0.1) is 12.9 Å². The second-order valence-corrected chi connectivity index (χ2v) is 2.99. The van der Waals surface area contributed by atoms with E-state index in [1.54, 1.807) is 0 Å². The fourth-order valence-electron chi connectivity index (χ4n) is 1.29. The average molecular weight is 170 g/mol. The van der Waals surface area contributed by atoms with Crippen molar-refractivity contribution < 1.29 is 14.3 Å². The molecule has 1 aliphatic rings. The van der Waals surface area contributed by atoms with Crippen LogP contribution >= 0.6 is 0 Å². The highest BCUT2D eigenvalue weighted by molar-refractivity contribution is 5.69. The third kappa shape index (κ3) is 2.26. The Balaban J connectivity index is 2.33. The molecule has 1 rings (SSSR count). The summed E-state index contributed by atoms with van der Waals surface area (Å²) < 4.78 is 10.1. The van der Waals surface area contributed by atoms with Gasteiger partial charge in [-0.2, -0.15) is 0 Å². The van der Waals surface area contributed by atoms with Crippen molar-refractivity contribution in [1.29, 1.82) is 0 Å². The quantitative estimate of drug-likeness (QED) is 0.475. The summed E-state index contributed by atoms with van der Waals surface area (Å²) in [5, 5.41) is 0. The molecule has 0 aromatic carbocycles. The van der Waals surface area contributed by atoms with E-state index < -0.39 is 0 Å². The first kappa shape index (κ1) is 9.10. The number of carbonyl (C=O) groups excluding carboxylic acids is 1. The molecular formula is C9H14O3. The van der Waals surface area contributed by atoms with Crippen LogP contribution in [-0.4, -0.2) is 18.7 Å². The van der Waals surface area contributed by atoms with Gasteiger partial charge in [-0.05, 0) is 13.3 Å². The Morgan fingerprint density at radius 1 is 1.83 bits per heavy atom. The van der Waals surface area contributed by atoms with Gasteiger partial charge in [-0.1, -0.05) is 6.58 Å². The van der Waals surface area contributed by atoms with Crippen LogP contribution in [0, 0.1) is 5.92 Å². The molecular weight excluding hydrogens is 156 g/mol. The summed E-state index contributed by atoms with van der Waals surface area (Å²) in [6.07, 6.45) is 2.89. The topological polar surface area (TPSA) is 35.5 Å². The van der Waals surface area contributed by atoms with Gasteiger partial charge < -0.3 is 9.47 Å². The van der Waals surface area contributed by atoms with Gasteiger partial charge in [-0.25, -0.2) is 0 Å². The molecule has 1 heterocycles. The molecule has 0 amide bonds. The molecule has 2 atom stereocenters. The van der Waals surface area contributed by atoms with Gasteiger partial charge in [-0.3, -0.25) is 4.79 Å². The lowest BCUT2D eigenvalue weighted by Crippen LogP contribution is -2.30. The Kier molecular flexibility index (Phi) is 3.14. The van der Waals surface area contributed by atoms with E-state index in [-0.39, 0.29) is 12.1 Å². The fraction of sp³-hybridized carbons (Fsp3) is 0.667. The minimum absolute atomic E-state index is 0.0931. The van der Waals surface area contributed by atoms with Gasteiger partial charge in [0.25, 0.3) is 0 Å². The van der Waals surface area contributed by atoms with Crippen LogP contribution in [0.5, 0.6) is 0 Å². The number of carbonyl (C=O) groups is 1. The molecule has 1 fully saturated rings. The Morgan fingerprint density at radius 2 is 2.58 bits per heavy atom. The summed E-state index contributed by atoms with van der Waals surface area (Å²) in [7, 11) is 0. The first-order chi connectivity index (χ1) is 5.74. The molecule has 1 aliphatic heterocycles. The molecule has 3 nitrogen and oxygen atoms in total. The first-order valence-corrected chi connectivity index (χ1v) is 4.16. The molecule has 0 saturated carbocycles. The average Bonchev–Trinajstić information content (AvgIpc) is 2.06. The summed E-state index contributed by atoms with van der Waals surface area (Å²) in [5.41, 5.74) is 0. The predicted octanol–water partition coefficient (Wildman–Crippen LogP) is 1.49. The highest BCUT2D eigenvalue weighted by Crippen LogP contribution is 2.20. The van der Waals surface area contributed by atoms with Crippen molar-refractivity contribution in [1.82, 2.24) is 0 Å². The third-order valence-electron chi connectivity index (χ3n) is 2.15. The molecule has 2 unspecified atom stereocenters. The molecule has 3 heteroatoms. The van der Waals surface area contributed by atoms with Gasteiger partial charge >= 0.3 is 5.97 Å². The Labute approximate surface area is 72.4 Å². The highest BCUT2D eigenvalue weighted by Gasteiger charge is 2.25. The molecule has 0 bridgehead atoms. The number of ether oxygens (including phenoxy) is 2. The Morgan fingerprint density at radius 3 is 3.08 bits per heavy atom. The molecule has 68 valence electrons. The van der Waals surface area contributed by atoms with Crippen LogP contribution in [0.25, 0.3) is 0 Å². The Hall–Kier alpha value is -0.990. The molecule has 1 saturated heterocycles. The second kappa shape index (κ2) is 4.14. The van der Waals surface area contributed by atoms with Crippen LogP contribution in [0.3, 0.4) is 0 Å². The van der Waals surface area contributed by atoms with E-state index in [1.807, 2.05) is 6.92 Å². The van der Waals surface area contributed by atoms with Gasteiger partial charge in [0.2, 0.25) is 0 Å². The maximum absolute atomic E-state index is 10.7. The second-order valence-electron chi connectivity index (χ2n) is 2.99. The lowest BCUT2D eigenvalue weighted by molar-refractivity contribution is -0.151. The summed E-state index contributed by atoms with van der Waals surface area (Å²) in [5.74, 6) is 0.220. The van der Waals surface area contributed by atoms with Crippen molar-refractivity contribution in [3.05, 3.63) is 12.8 Å². The van der Waals surface area contributed by atoms with Crippen molar-refractivity contribution in [3.63, 3.8) is 0 Å². The largest absolute Gasteiger partial charge is 0.499 e. The van der Waals surface area contributed by atoms with Crippen molar-refractivity contribution >= 4 is 5.97 Å². The molecule has 0 spiro atoms. The molecule has 0 radical (unpaired) electrons. The van der Waals surface area contributed by atoms with Gasteiger partial charge in [0.1, 0.15) is 6.10 Å². The molecule has 0 aliphatic carbocycles. The first-order valence-electron chi connectivity index (χ1n) is 4.16. The Bertz CT molecular complexity index is 167. The number of rotatable bonds is 3. The number of hydrogen-bond donors (Lipinski definition) is 0. The lowest BCUT2D eigenvalue weighted by atomic mass is 9.97. The summed E-state index contributed by atoms with van der Waals surface area (Å²) >= 11 is 0. The molecule has 12 heavy (non-hydrogen) atoms. The van der Waals surface area contributed by atoms with Crippen molar-refractivity contribution in [2.24, 2.45) is 5.92 Å². The summed E-state index contributed by atoms with van der Waals surface area (Å²) in [6.45, 7) is 5.92. The zero-order chi connectivity index (χ0) is 8.97. The third-order valence-corrected chi connectivity index (χ3v) is 2.15. The van der Waals surface area contributed by atoms with Crippen LogP contribution in [0.4, 0.5) is 0 Å². The minimum Gasteiger partial charge on any atom is -0.499 e. The lowest BCUT2D eigenvalue weighted by Gasteiger charge is -2.26. The maximum Gasteiger partial charge on any atom is 0.305 e. The SMILES string of the molecule is C=COC(C)C1CCC(=O)OC1. The summed E-state index contributed by atoms with van der Waals surface area (Å²) in [6, 6.07) is 0. The monoisotopic (exact) mass is 170 g/mol. The molecule has 0 N–H and O–H groups in total. The number of hydrogen-bond acceptors (Lipinski definition) is 3. The van der Waals surface area contributed by atoms with Gasteiger partial charge in [-0.15, -0.1) is 0 Å². The van der Waals surface area contributed by atoms with Crippen molar-refractivity contribution in [2.45, 2.75) is 25.9 Å². The van der Waals surface area contributed by atoms with Crippen LogP contribution in [-0.2, 0) is 14.3 Å². The van der Waals surface area contributed by atoms with E-state index in [0.717, 1.165) is 6.42 Å². The molecule has 0 aromatic heterocycles. The van der Waals surface area contributed by atoms with Crippen molar-refractivity contribution in [2.75, 3.05) is 6.61 Å². The standard InChI is InChI=1S/C9H14O3/c1-3-11-7(2)8-4-5-9(10)12-6-8/h3,7-8H,1,4-6H2,2H3. The zero-order valence-electron chi connectivity index (χ0n) is 7.29. The van der Waals surface area contributed by atoms with Crippen molar-refractivity contribution in [3.8, 4) is 0 Å². The highest BCUT2D eigenvalue weighted by atomic mass is 16.5. The fourth-order valence-corrected chi connectivity index (χ4v) is 1.29. The maximum atomic E-state index is 10.7. The predicted molar refractivity (Wildman–Crippen MR) is 44.4 cm³/mol. The number of esters is 1. The van der Waals surface area contributed by atoms with Crippen LogP contribution in [0.1, 0.15) is 19.8 Å². The van der Waals surface area contributed by atoms with E-state index in [2.05, 4.69) is 6.58 Å². The zero-order valence-corrected chi connectivity index (χ0v) is 7.29. The van der Waals surface area contributed by atoms with Gasteiger partial charge in [0.15, 0.2) is 0 Å². The van der Waals surface area contributed by atoms with E-state index in [0.29, 0.717) is 18.9 Å². The smallest absolute Gasteiger partial charge is 0.305 e. The van der Waals surface area contributed by atoms with E-state index in [4.69, 9.17) is 9.47 Å². The van der Waals surface area contributed by atoms with E-state index in [1.165, 1.54) is 6.26 Å².